The van der Waals surface area contributed by atoms with Gasteiger partial charge >= 0.3 is 0 Å². The van der Waals surface area contributed by atoms with Crippen molar-refractivity contribution in [3.05, 3.63) is 42.1 Å². The lowest BCUT2D eigenvalue weighted by Crippen LogP contribution is -2.01. The molecule has 1 N–H and O–H groups in total. The zero-order valence-electron chi connectivity index (χ0n) is 10.6. The summed E-state index contributed by atoms with van der Waals surface area (Å²) >= 11 is 0. The summed E-state index contributed by atoms with van der Waals surface area (Å²) < 4.78 is 14.8. The molecule has 1 aromatic carbocycles. The Morgan fingerprint density at radius 2 is 2.11 bits per heavy atom. The van der Waals surface area contributed by atoms with Crippen molar-refractivity contribution in [2.75, 3.05) is 12.4 Å². The van der Waals surface area contributed by atoms with Gasteiger partial charge in [0, 0.05) is 7.05 Å². The molecule has 0 aliphatic carbocycles. The summed E-state index contributed by atoms with van der Waals surface area (Å²) in [5.41, 5.74) is 2.29. The number of benzene rings is 1. The molecule has 2 heterocycles. The molecule has 0 bridgehead atoms. The van der Waals surface area contributed by atoms with Crippen LogP contribution in [0.2, 0.25) is 0 Å². The van der Waals surface area contributed by atoms with Crippen LogP contribution in [0, 0.1) is 12.7 Å². The maximum Gasteiger partial charge on any atom is 0.168 e. The Morgan fingerprint density at radius 1 is 1.26 bits per heavy atom. The highest BCUT2D eigenvalue weighted by atomic mass is 19.1. The number of fused-ring (bicyclic) bond motifs is 1. The number of hydrogen-bond donors (Lipinski definition) is 1. The van der Waals surface area contributed by atoms with Crippen molar-refractivity contribution in [1.82, 2.24) is 19.7 Å². The average Bonchev–Trinajstić information content (AvgIpc) is 2.82. The van der Waals surface area contributed by atoms with Crippen LogP contribution in [0.15, 0.2) is 30.7 Å². The lowest BCUT2D eigenvalue weighted by atomic mass is 10.2. The van der Waals surface area contributed by atoms with Crippen molar-refractivity contribution in [2.24, 2.45) is 0 Å². The van der Waals surface area contributed by atoms with Gasteiger partial charge in [0.05, 0.1) is 17.3 Å². The minimum atomic E-state index is -0.261. The van der Waals surface area contributed by atoms with Crippen molar-refractivity contribution in [3.8, 4) is 5.69 Å². The van der Waals surface area contributed by atoms with Crippen LogP contribution in [0.5, 0.6) is 0 Å². The molecule has 0 aliphatic heterocycles. The van der Waals surface area contributed by atoms with Gasteiger partial charge in [-0.2, -0.15) is 5.10 Å². The van der Waals surface area contributed by atoms with Gasteiger partial charge in [-0.25, -0.2) is 19.0 Å². The maximum absolute atomic E-state index is 13.2. The van der Waals surface area contributed by atoms with Gasteiger partial charge in [-0.3, -0.25) is 0 Å². The van der Waals surface area contributed by atoms with Crippen LogP contribution in [0.1, 0.15) is 5.56 Å². The molecule has 0 saturated carbocycles. The Kier molecular flexibility index (Phi) is 2.63. The summed E-state index contributed by atoms with van der Waals surface area (Å²) in [4.78, 5) is 8.38. The first-order chi connectivity index (χ1) is 9.20. The van der Waals surface area contributed by atoms with Gasteiger partial charge in [-0.1, -0.05) is 0 Å². The predicted octanol–water partition coefficient (Wildman–Crippen LogP) is 2.30. The van der Waals surface area contributed by atoms with Crippen LogP contribution in [0.25, 0.3) is 16.7 Å². The fourth-order valence-corrected chi connectivity index (χ4v) is 2.08. The molecule has 5 nitrogen and oxygen atoms in total. The second-order valence-electron chi connectivity index (χ2n) is 4.20. The molecule has 3 rings (SSSR count). The van der Waals surface area contributed by atoms with Gasteiger partial charge in [-0.15, -0.1) is 0 Å². The van der Waals surface area contributed by atoms with E-state index in [-0.39, 0.29) is 5.82 Å². The lowest BCUT2D eigenvalue weighted by Gasteiger charge is -2.07. The second kappa shape index (κ2) is 4.31. The molecule has 6 heteroatoms. The van der Waals surface area contributed by atoms with Gasteiger partial charge in [-0.05, 0) is 30.7 Å². The van der Waals surface area contributed by atoms with E-state index in [2.05, 4.69) is 20.4 Å². The standard InChI is InChI=1S/C13H12FN5/c1-8-5-9(14)3-4-11(8)19-13-10(6-18-19)12(15-2)16-7-17-13/h3-7H,1-2H3,(H,15,16,17). The summed E-state index contributed by atoms with van der Waals surface area (Å²) in [5, 5.41) is 8.14. The van der Waals surface area contributed by atoms with Gasteiger partial charge < -0.3 is 5.32 Å². The zero-order chi connectivity index (χ0) is 13.4. The summed E-state index contributed by atoms with van der Waals surface area (Å²) in [6.45, 7) is 1.84. The third-order valence-electron chi connectivity index (χ3n) is 2.99. The molecular weight excluding hydrogens is 245 g/mol. The first kappa shape index (κ1) is 11.6. The van der Waals surface area contributed by atoms with Crippen molar-refractivity contribution in [2.45, 2.75) is 6.92 Å². The van der Waals surface area contributed by atoms with E-state index in [9.17, 15) is 4.39 Å². The highest BCUT2D eigenvalue weighted by Gasteiger charge is 2.11. The highest BCUT2D eigenvalue weighted by Crippen LogP contribution is 2.23. The van der Waals surface area contributed by atoms with Crippen molar-refractivity contribution < 1.29 is 4.39 Å². The normalized spacial score (nSPS) is 10.9. The second-order valence-corrected chi connectivity index (χ2v) is 4.20. The molecule has 3 aromatic rings. The van der Waals surface area contributed by atoms with E-state index < -0.39 is 0 Å². The van der Waals surface area contributed by atoms with E-state index in [4.69, 9.17) is 0 Å². The number of hydrogen-bond acceptors (Lipinski definition) is 4. The van der Waals surface area contributed by atoms with Crippen LogP contribution in [-0.2, 0) is 0 Å². The van der Waals surface area contributed by atoms with Crippen LogP contribution in [0.4, 0.5) is 10.2 Å². The first-order valence-corrected chi connectivity index (χ1v) is 5.83. The summed E-state index contributed by atoms with van der Waals surface area (Å²) in [6, 6.07) is 4.58. The Morgan fingerprint density at radius 3 is 2.84 bits per heavy atom. The van der Waals surface area contributed by atoms with Gasteiger partial charge in [0.25, 0.3) is 0 Å². The predicted molar refractivity (Wildman–Crippen MR) is 70.9 cm³/mol. The summed E-state index contributed by atoms with van der Waals surface area (Å²) in [6.07, 6.45) is 3.18. The quantitative estimate of drug-likeness (QED) is 0.765. The molecule has 0 fully saturated rings. The van der Waals surface area contributed by atoms with E-state index in [0.29, 0.717) is 5.65 Å². The van der Waals surface area contributed by atoms with Crippen molar-refractivity contribution in [1.29, 1.82) is 0 Å². The van der Waals surface area contributed by atoms with Gasteiger partial charge in [0.2, 0.25) is 0 Å². The largest absolute Gasteiger partial charge is 0.372 e. The smallest absolute Gasteiger partial charge is 0.168 e. The maximum atomic E-state index is 13.2. The summed E-state index contributed by atoms with van der Waals surface area (Å²) in [5.74, 6) is 0.458. The molecule has 0 saturated heterocycles. The Labute approximate surface area is 109 Å². The number of anilines is 1. The van der Waals surface area contributed by atoms with Crippen molar-refractivity contribution in [3.63, 3.8) is 0 Å². The average molecular weight is 257 g/mol. The molecule has 0 radical (unpaired) electrons. The van der Waals surface area contributed by atoms with Crippen LogP contribution in [0.3, 0.4) is 0 Å². The monoisotopic (exact) mass is 257 g/mol. The SMILES string of the molecule is CNc1ncnc2c1cnn2-c1ccc(F)cc1C. The molecule has 0 aliphatic rings. The fraction of sp³-hybridized carbons (Fsp3) is 0.154. The molecule has 0 atom stereocenters. The Balaban J connectivity index is 2.26. The Hall–Kier alpha value is -2.50. The number of nitrogens with zero attached hydrogens (tertiary/aromatic N) is 4. The molecular formula is C13H12FN5. The molecule has 0 unspecified atom stereocenters. The van der Waals surface area contributed by atoms with Crippen LogP contribution < -0.4 is 5.32 Å². The minimum Gasteiger partial charge on any atom is -0.372 e. The van der Waals surface area contributed by atoms with E-state index in [1.807, 2.05) is 6.92 Å². The Bertz CT molecular complexity index is 750. The molecule has 19 heavy (non-hydrogen) atoms. The van der Waals surface area contributed by atoms with Crippen molar-refractivity contribution >= 4 is 16.9 Å². The van der Waals surface area contributed by atoms with E-state index >= 15 is 0 Å². The number of nitrogens with one attached hydrogen (secondary N) is 1. The summed E-state index contributed by atoms with van der Waals surface area (Å²) in [7, 11) is 1.79. The minimum absolute atomic E-state index is 0.261. The van der Waals surface area contributed by atoms with E-state index in [1.165, 1.54) is 18.5 Å². The number of halogens is 1. The fourth-order valence-electron chi connectivity index (χ4n) is 2.08. The molecule has 2 aromatic heterocycles. The molecule has 0 spiro atoms. The third kappa shape index (κ3) is 1.81. The van der Waals surface area contributed by atoms with Gasteiger partial charge in [0.1, 0.15) is 18.0 Å². The zero-order valence-corrected chi connectivity index (χ0v) is 10.6. The highest BCUT2D eigenvalue weighted by molar-refractivity contribution is 5.87. The lowest BCUT2D eigenvalue weighted by molar-refractivity contribution is 0.625. The number of aromatic nitrogens is 4. The van der Waals surface area contributed by atoms with E-state index in [1.54, 1.807) is 24.0 Å². The van der Waals surface area contributed by atoms with Crippen LogP contribution >= 0.6 is 0 Å². The number of aryl methyl sites for hydroxylation is 1. The van der Waals surface area contributed by atoms with E-state index in [0.717, 1.165) is 22.5 Å². The number of rotatable bonds is 2. The topological polar surface area (TPSA) is 55.6 Å². The third-order valence-corrected chi connectivity index (χ3v) is 2.99. The van der Waals surface area contributed by atoms with Crippen LogP contribution in [-0.4, -0.2) is 26.8 Å². The van der Waals surface area contributed by atoms with Gasteiger partial charge in [0.15, 0.2) is 5.65 Å². The first-order valence-electron chi connectivity index (χ1n) is 5.83. The molecule has 96 valence electrons. The molecule has 0 amide bonds.